The predicted octanol–water partition coefficient (Wildman–Crippen LogP) is 5.20. The molecule has 0 atom stereocenters. The number of amides is 2. The van der Waals surface area contributed by atoms with Gasteiger partial charge < -0.3 is 20.2 Å². The van der Waals surface area contributed by atoms with E-state index in [0.717, 1.165) is 16.8 Å². The van der Waals surface area contributed by atoms with Gasteiger partial charge in [0.15, 0.2) is 0 Å². The molecule has 2 aromatic rings. The van der Waals surface area contributed by atoms with Crippen LogP contribution in [0.1, 0.15) is 38.3 Å². The normalized spacial score (nSPS) is 9.58. The number of Topliss-reactive ketones (excluding diaryl/α,β-unsaturated/α-hetero) is 1. The maximum atomic E-state index is 12.2. The van der Waals surface area contributed by atoms with Crippen LogP contribution in [0.4, 0.5) is 16.2 Å². The van der Waals surface area contributed by atoms with Crippen molar-refractivity contribution in [1.29, 1.82) is 0 Å². The standard InChI is InChI=1S/C19H22N2O3.C2H6/c1-13-6-4-5-7-16(13)20-19(23)21-17-11-10-15(9-8-14(2)22)12-18(17)24-3;1-2/h4-7,10-12H,8-9H2,1-3H3,(H2,20,21,23);1-2H3. The van der Waals surface area contributed by atoms with Crippen LogP contribution < -0.4 is 15.4 Å². The maximum absolute atomic E-state index is 12.2. The molecule has 5 nitrogen and oxygen atoms in total. The second kappa shape index (κ2) is 10.9. The van der Waals surface area contributed by atoms with E-state index in [2.05, 4.69) is 10.6 Å². The van der Waals surface area contributed by atoms with Crippen LogP contribution in [0.5, 0.6) is 5.75 Å². The van der Waals surface area contributed by atoms with Gasteiger partial charge in [-0.3, -0.25) is 0 Å². The van der Waals surface area contributed by atoms with Crippen molar-refractivity contribution in [3.8, 4) is 5.75 Å². The summed E-state index contributed by atoms with van der Waals surface area (Å²) in [5, 5.41) is 5.60. The van der Waals surface area contributed by atoms with Crippen molar-refractivity contribution in [2.45, 2.75) is 40.5 Å². The Morgan fingerprint density at radius 1 is 1.00 bits per heavy atom. The number of benzene rings is 2. The summed E-state index contributed by atoms with van der Waals surface area (Å²) in [6.45, 7) is 7.50. The first kappa shape index (κ1) is 21.2. The first-order valence-electron chi connectivity index (χ1n) is 8.79. The Labute approximate surface area is 155 Å². The number of hydrogen-bond donors (Lipinski definition) is 2. The van der Waals surface area contributed by atoms with E-state index in [0.29, 0.717) is 24.3 Å². The van der Waals surface area contributed by atoms with Gasteiger partial charge in [0.05, 0.1) is 12.8 Å². The Balaban J connectivity index is 0.00000163. The number of nitrogens with one attached hydrogen (secondary N) is 2. The Bertz CT molecular complexity index is 742. The van der Waals surface area contributed by atoms with Gasteiger partial charge in [-0.1, -0.05) is 38.1 Å². The average Bonchev–Trinajstić information content (AvgIpc) is 2.64. The van der Waals surface area contributed by atoms with Crippen molar-refractivity contribution >= 4 is 23.2 Å². The third-order valence-electron chi connectivity index (χ3n) is 3.67. The van der Waals surface area contributed by atoms with E-state index in [4.69, 9.17) is 4.74 Å². The van der Waals surface area contributed by atoms with Gasteiger partial charge in [0.2, 0.25) is 0 Å². The third-order valence-corrected chi connectivity index (χ3v) is 3.67. The SMILES string of the molecule is CC.COc1cc(CCC(C)=O)ccc1NC(=O)Nc1ccccc1C. The number of aryl methyl sites for hydroxylation is 2. The molecule has 0 radical (unpaired) electrons. The summed E-state index contributed by atoms with van der Waals surface area (Å²) < 4.78 is 5.34. The van der Waals surface area contributed by atoms with Crippen molar-refractivity contribution in [2.75, 3.05) is 17.7 Å². The van der Waals surface area contributed by atoms with Gasteiger partial charge in [0.25, 0.3) is 0 Å². The van der Waals surface area contributed by atoms with Gasteiger partial charge in [0, 0.05) is 12.1 Å². The molecule has 0 saturated heterocycles. The Hall–Kier alpha value is -2.82. The van der Waals surface area contributed by atoms with E-state index in [1.165, 1.54) is 0 Å². The fourth-order valence-corrected chi connectivity index (χ4v) is 2.30. The quantitative estimate of drug-likeness (QED) is 0.748. The molecule has 26 heavy (non-hydrogen) atoms. The van der Waals surface area contributed by atoms with Crippen LogP contribution in [-0.2, 0) is 11.2 Å². The first-order valence-corrected chi connectivity index (χ1v) is 8.79. The Morgan fingerprint density at radius 2 is 1.65 bits per heavy atom. The molecule has 140 valence electrons. The van der Waals surface area contributed by atoms with Crippen LogP contribution in [0.3, 0.4) is 0 Å². The second-order valence-electron chi connectivity index (χ2n) is 5.63. The van der Waals surface area contributed by atoms with Gasteiger partial charge in [-0.25, -0.2) is 4.79 Å². The van der Waals surface area contributed by atoms with E-state index in [1.54, 1.807) is 20.1 Å². The van der Waals surface area contributed by atoms with Gasteiger partial charge >= 0.3 is 6.03 Å². The van der Waals surface area contributed by atoms with Gasteiger partial charge in [-0.05, 0) is 49.6 Å². The molecule has 2 aromatic carbocycles. The van der Waals surface area contributed by atoms with Crippen molar-refractivity contribution in [3.05, 3.63) is 53.6 Å². The number of methoxy groups -OCH3 is 1. The first-order chi connectivity index (χ1) is 12.5. The number of urea groups is 1. The molecule has 0 heterocycles. The molecule has 0 aliphatic carbocycles. The minimum absolute atomic E-state index is 0.147. The highest BCUT2D eigenvalue weighted by Crippen LogP contribution is 2.26. The molecule has 2 rings (SSSR count). The molecular formula is C21H28N2O3. The number of hydrogen-bond acceptors (Lipinski definition) is 3. The number of ketones is 1. The summed E-state index contributed by atoms with van der Waals surface area (Å²) in [5.74, 6) is 0.713. The fraction of sp³-hybridized carbons (Fsp3) is 0.333. The van der Waals surface area contributed by atoms with Crippen LogP contribution >= 0.6 is 0 Å². The lowest BCUT2D eigenvalue weighted by molar-refractivity contribution is -0.116. The molecule has 5 heteroatoms. The van der Waals surface area contributed by atoms with Crippen molar-refractivity contribution in [3.63, 3.8) is 0 Å². The molecule has 2 N–H and O–H groups in total. The number of carbonyl (C=O) groups excluding carboxylic acids is 2. The largest absolute Gasteiger partial charge is 0.495 e. The van der Waals surface area contributed by atoms with Crippen molar-refractivity contribution < 1.29 is 14.3 Å². The molecule has 0 bridgehead atoms. The second-order valence-corrected chi connectivity index (χ2v) is 5.63. The molecule has 0 aromatic heterocycles. The number of rotatable bonds is 6. The van der Waals surface area contributed by atoms with Gasteiger partial charge in [0.1, 0.15) is 11.5 Å². The van der Waals surface area contributed by atoms with Crippen LogP contribution in [0.25, 0.3) is 0 Å². The monoisotopic (exact) mass is 356 g/mol. The lowest BCUT2D eigenvalue weighted by atomic mass is 10.1. The number of ether oxygens (including phenoxy) is 1. The van der Waals surface area contributed by atoms with E-state index in [9.17, 15) is 9.59 Å². The smallest absolute Gasteiger partial charge is 0.323 e. The highest BCUT2D eigenvalue weighted by Gasteiger charge is 2.10. The summed E-state index contributed by atoms with van der Waals surface area (Å²) >= 11 is 0. The van der Waals surface area contributed by atoms with Crippen LogP contribution in [0, 0.1) is 6.92 Å². The zero-order valence-electron chi connectivity index (χ0n) is 16.2. The highest BCUT2D eigenvalue weighted by molar-refractivity contribution is 6.01. The molecule has 0 spiro atoms. The van der Waals surface area contributed by atoms with Crippen LogP contribution in [0.15, 0.2) is 42.5 Å². The van der Waals surface area contributed by atoms with Crippen molar-refractivity contribution in [1.82, 2.24) is 0 Å². The Morgan fingerprint density at radius 3 is 2.27 bits per heavy atom. The molecule has 2 amide bonds. The molecule has 0 saturated carbocycles. The van der Waals surface area contributed by atoms with Crippen LogP contribution in [-0.4, -0.2) is 18.9 Å². The summed E-state index contributed by atoms with van der Waals surface area (Å²) in [6, 6.07) is 12.7. The molecular weight excluding hydrogens is 328 g/mol. The average molecular weight is 356 g/mol. The van der Waals surface area contributed by atoms with E-state index < -0.39 is 0 Å². The van der Waals surface area contributed by atoms with Crippen molar-refractivity contribution in [2.24, 2.45) is 0 Å². The van der Waals surface area contributed by atoms with E-state index >= 15 is 0 Å². The zero-order chi connectivity index (χ0) is 19.5. The molecule has 0 aliphatic rings. The Kier molecular flexibility index (Phi) is 8.92. The van der Waals surface area contributed by atoms with E-state index in [1.807, 2.05) is 57.2 Å². The lowest BCUT2D eigenvalue weighted by Crippen LogP contribution is -2.20. The maximum Gasteiger partial charge on any atom is 0.323 e. The number of para-hydroxylation sites is 1. The highest BCUT2D eigenvalue weighted by atomic mass is 16.5. The number of anilines is 2. The summed E-state index contributed by atoms with van der Waals surface area (Å²) in [6.07, 6.45) is 1.14. The summed E-state index contributed by atoms with van der Waals surface area (Å²) in [4.78, 5) is 23.3. The molecule has 0 fully saturated rings. The van der Waals surface area contributed by atoms with Crippen LogP contribution in [0.2, 0.25) is 0 Å². The lowest BCUT2D eigenvalue weighted by Gasteiger charge is -2.13. The molecule has 0 unspecified atom stereocenters. The number of carbonyl (C=O) groups is 2. The van der Waals surface area contributed by atoms with Gasteiger partial charge in [-0.2, -0.15) is 0 Å². The minimum Gasteiger partial charge on any atom is -0.495 e. The van der Waals surface area contributed by atoms with Gasteiger partial charge in [-0.15, -0.1) is 0 Å². The fourth-order valence-electron chi connectivity index (χ4n) is 2.30. The topological polar surface area (TPSA) is 67.4 Å². The molecule has 0 aliphatic heterocycles. The summed E-state index contributed by atoms with van der Waals surface area (Å²) in [7, 11) is 1.55. The third kappa shape index (κ3) is 6.59. The zero-order valence-corrected chi connectivity index (χ0v) is 16.2. The predicted molar refractivity (Wildman–Crippen MR) is 107 cm³/mol. The minimum atomic E-state index is -0.334. The summed E-state index contributed by atoms with van der Waals surface area (Å²) in [5.41, 5.74) is 3.31. The van der Waals surface area contributed by atoms with E-state index in [-0.39, 0.29) is 11.8 Å².